The highest BCUT2D eigenvalue weighted by atomic mass is 16.2. The van der Waals surface area contributed by atoms with Gasteiger partial charge in [-0.2, -0.15) is 5.26 Å². The number of amides is 3. The Labute approximate surface area is 197 Å². The van der Waals surface area contributed by atoms with E-state index in [0.29, 0.717) is 28.2 Å². The molecule has 7 heteroatoms. The van der Waals surface area contributed by atoms with Crippen LogP contribution in [-0.2, 0) is 14.4 Å². The molecular formula is C27H22N4O3. The molecule has 1 aliphatic rings. The molecule has 3 aromatic carbocycles. The summed E-state index contributed by atoms with van der Waals surface area (Å²) in [4.78, 5) is 39.5. The quantitative estimate of drug-likeness (QED) is 0.556. The minimum absolute atomic E-state index is 0.157. The molecule has 0 aromatic heterocycles. The van der Waals surface area contributed by atoms with E-state index in [1.807, 2.05) is 38.1 Å². The maximum absolute atomic E-state index is 13.5. The summed E-state index contributed by atoms with van der Waals surface area (Å²) in [6, 6.07) is 20.8. The molecule has 0 spiro atoms. The van der Waals surface area contributed by atoms with Crippen LogP contribution in [0, 0.1) is 25.2 Å². The number of carbonyl (C=O) groups excluding carboxylic acids is 3. The average Bonchev–Trinajstić information content (AvgIpc) is 3.06. The third-order valence-electron chi connectivity index (χ3n) is 5.61. The number of nitrogens with zero attached hydrogens (tertiary/aromatic N) is 2. The lowest BCUT2D eigenvalue weighted by atomic mass is 10.0. The summed E-state index contributed by atoms with van der Waals surface area (Å²) in [5.41, 5.74) is 5.15. The molecule has 7 nitrogen and oxygen atoms in total. The SMILES string of the molecule is CC(=O)Nc1ccc(C2=C(Nc3ccc(C)c(C)c3)C(=O)N(c3ccc(C#N)cc3)C2=O)cc1. The van der Waals surface area contributed by atoms with Gasteiger partial charge in [-0.25, -0.2) is 4.90 Å². The highest BCUT2D eigenvalue weighted by Gasteiger charge is 2.40. The maximum atomic E-state index is 13.5. The Morgan fingerprint density at radius 2 is 1.50 bits per heavy atom. The molecule has 3 amide bonds. The van der Waals surface area contributed by atoms with Gasteiger partial charge in [-0.05, 0) is 79.1 Å². The predicted molar refractivity (Wildman–Crippen MR) is 131 cm³/mol. The molecule has 0 bridgehead atoms. The Morgan fingerprint density at radius 3 is 2.09 bits per heavy atom. The van der Waals surface area contributed by atoms with E-state index in [1.54, 1.807) is 48.5 Å². The van der Waals surface area contributed by atoms with Crippen LogP contribution in [0.3, 0.4) is 0 Å². The molecule has 0 aliphatic carbocycles. The summed E-state index contributed by atoms with van der Waals surface area (Å²) in [6.45, 7) is 5.38. The number of nitrogens with one attached hydrogen (secondary N) is 2. The van der Waals surface area contributed by atoms with Crippen molar-refractivity contribution >= 4 is 40.4 Å². The molecule has 34 heavy (non-hydrogen) atoms. The fraction of sp³-hybridized carbons (Fsp3) is 0.111. The van der Waals surface area contributed by atoms with Crippen LogP contribution in [0.15, 0.2) is 72.4 Å². The topological polar surface area (TPSA) is 102 Å². The number of aryl methyl sites for hydroxylation is 2. The van der Waals surface area contributed by atoms with Gasteiger partial charge < -0.3 is 10.6 Å². The summed E-state index contributed by atoms with van der Waals surface area (Å²) < 4.78 is 0. The van der Waals surface area contributed by atoms with Crippen LogP contribution in [0.1, 0.15) is 29.2 Å². The highest BCUT2D eigenvalue weighted by Crippen LogP contribution is 2.34. The summed E-state index contributed by atoms with van der Waals surface area (Å²) in [5, 5.41) is 14.9. The molecule has 0 atom stereocenters. The minimum Gasteiger partial charge on any atom is -0.350 e. The molecule has 0 fully saturated rings. The minimum atomic E-state index is -0.492. The zero-order valence-electron chi connectivity index (χ0n) is 19.0. The maximum Gasteiger partial charge on any atom is 0.282 e. The molecule has 0 saturated carbocycles. The molecule has 4 rings (SSSR count). The number of imide groups is 1. The van der Waals surface area contributed by atoms with Crippen LogP contribution in [0.4, 0.5) is 17.1 Å². The lowest BCUT2D eigenvalue weighted by Gasteiger charge is -2.15. The predicted octanol–water partition coefficient (Wildman–Crippen LogP) is 4.53. The fourth-order valence-electron chi connectivity index (χ4n) is 3.72. The third kappa shape index (κ3) is 4.30. The Bertz CT molecular complexity index is 1380. The first kappa shape index (κ1) is 22.5. The van der Waals surface area contributed by atoms with E-state index in [0.717, 1.165) is 16.0 Å². The number of rotatable bonds is 5. The van der Waals surface area contributed by atoms with Gasteiger partial charge in [-0.15, -0.1) is 0 Å². The first-order chi connectivity index (χ1) is 16.3. The van der Waals surface area contributed by atoms with Gasteiger partial charge in [-0.3, -0.25) is 14.4 Å². The van der Waals surface area contributed by atoms with E-state index in [2.05, 4.69) is 10.6 Å². The summed E-state index contributed by atoms with van der Waals surface area (Å²) in [7, 11) is 0. The van der Waals surface area contributed by atoms with Crippen LogP contribution in [0.2, 0.25) is 0 Å². The summed E-state index contributed by atoms with van der Waals surface area (Å²) >= 11 is 0. The van der Waals surface area contributed by atoms with Gasteiger partial charge >= 0.3 is 0 Å². The highest BCUT2D eigenvalue weighted by molar-refractivity contribution is 6.46. The zero-order valence-corrected chi connectivity index (χ0v) is 19.0. The van der Waals surface area contributed by atoms with E-state index < -0.39 is 11.8 Å². The summed E-state index contributed by atoms with van der Waals surface area (Å²) in [5.74, 6) is -1.18. The molecule has 168 valence electrons. The number of carbonyl (C=O) groups is 3. The normalized spacial score (nSPS) is 13.2. The van der Waals surface area contributed by atoms with Gasteiger partial charge in [0.05, 0.1) is 22.9 Å². The van der Waals surface area contributed by atoms with Crippen molar-refractivity contribution in [2.75, 3.05) is 15.5 Å². The van der Waals surface area contributed by atoms with Crippen molar-refractivity contribution in [3.05, 3.63) is 94.7 Å². The molecule has 2 N–H and O–H groups in total. The van der Waals surface area contributed by atoms with Gasteiger partial charge in [0.1, 0.15) is 5.70 Å². The number of hydrogen-bond donors (Lipinski definition) is 2. The zero-order chi connectivity index (χ0) is 24.4. The van der Waals surface area contributed by atoms with Gasteiger partial charge in [0.15, 0.2) is 0 Å². The van der Waals surface area contributed by atoms with Crippen LogP contribution in [-0.4, -0.2) is 17.7 Å². The first-order valence-corrected chi connectivity index (χ1v) is 10.6. The smallest absolute Gasteiger partial charge is 0.282 e. The Morgan fingerprint density at radius 1 is 0.853 bits per heavy atom. The van der Waals surface area contributed by atoms with E-state index in [-0.39, 0.29) is 17.2 Å². The van der Waals surface area contributed by atoms with Crippen molar-refractivity contribution in [3.63, 3.8) is 0 Å². The fourth-order valence-corrected chi connectivity index (χ4v) is 3.72. The Kier molecular flexibility index (Phi) is 5.98. The molecule has 1 heterocycles. The van der Waals surface area contributed by atoms with E-state index in [1.165, 1.54) is 6.92 Å². The van der Waals surface area contributed by atoms with Crippen molar-refractivity contribution in [2.24, 2.45) is 0 Å². The van der Waals surface area contributed by atoms with Crippen LogP contribution in [0.5, 0.6) is 0 Å². The molecule has 1 aliphatic heterocycles. The number of nitriles is 1. The van der Waals surface area contributed by atoms with Crippen molar-refractivity contribution in [3.8, 4) is 6.07 Å². The van der Waals surface area contributed by atoms with E-state index >= 15 is 0 Å². The summed E-state index contributed by atoms with van der Waals surface area (Å²) in [6.07, 6.45) is 0. The second-order valence-corrected chi connectivity index (χ2v) is 8.04. The van der Waals surface area contributed by atoms with Crippen LogP contribution in [0.25, 0.3) is 5.57 Å². The average molecular weight is 450 g/mol. The lowest BCUT2D eigenvalue weighted by Crippen LogP contribution is -2.32. The van der Waals surface area contributed by atoms with Gasteiger partial charge in [0.2, 0.25) is 5.91 Å². The number of benzene rings is 3. The van der Waals surface area contributed by atoms with Crippen molar-refractivity contribution in [1.82, 2.24) is 0 Å². The van der Waals surface area contributed by atoms with Gasteiger partial charge in [0.25, 0.3) is 11.8 Å². The van der Waals surface area contributed by atoms with E-state index in [9.17, 15) is 14.4 Å². The molecular weight excluding hydrogens is 428 g/mol. The van der Waals surface area contributed by atoms with Gasteiger partial charge in [0, 0.05) is 18.3 Å². The largest absolute Gasteiger partial charge is 0.350 e. The Balaban J connectivity index is 1.78. The monoisotopic (exact) mass is 450 g/mol. The second kappa shape index (κ2) is 9.04. The Hall–Kier alpha value is -4.70. The van der Waals surface area contributed by atoms with Gasteiger partial charge in [-0.1, -0.05) is 18.2 Å². The third-order valence-corrected chi connectivity index (χ3v) is 5.61. The molecule has 0 unspecified atom stereocenters. The second-order valence-electron chi connectivity index (χ2n) is 8.04. The molecule has 0 saturated heterocycles. The number of hydrogen-bond acceptors (Lipinski definition) is 5. The van der Waals surface area contributed by atoms with Crippen LogP contribution >= 0.6 is 0 Å². The standard InChI is InChI=1S/C27H22N4O3/c1-16-4-9-22(14-17(16)2)30-25-24(20-7-10-21(11-8-20)29-18(3)32)26(33)31(27(25)34)23-12-5-19(15-28)6-13-23/h4-14,30H,1-3H3,(H,29,32). The first-order valence-electron chi connectivity index (χ1n) is 10.6. The van der Waals surface area contributed by atoms with Crippen molar-refractivity contribution in [1.29, 1.82) is 5.26 Å². The van der Waals surface area contributed by atoms with Crippen LogP contribution < -0.4 is 15.5 Å². The number of anilines is 3. The van der Waals surface area contributed by atoms with E-state index in [4.69, 9.17) is 5.26 Å². The van der Waals surface area contributed by atoms with Crippen molar-refractivity contribution < 1.29 is 14.4 Å². The molecule has 3 aromatic rings. The lowest BCUT2D eigenvalue weighted by molar-refractivity contribution is -0.120. The molecule has 0 radical (unpaired) electrons. The van der Waals surface area contributed by atoms with Crippen molar-refractivity contribution in [2.45, 2.75) is 20.8 Å².